The van der Waals surface area contributed by atoms with Crippen LogP contribution in [0.5, 0.6) is 0 Å². The lowest BCUT2D eigenvalue weighted by molar-refractivity contribution is -0.138. The van der Waals surface area contributed by atoms with Crippen molar-refractivity contribution in [2.75, 3.05) is 13.2 Å². The second-order valence-electron chi connectivity index (χ2n) is 7.84. The maximum Gasteiger partial charge on any atom is 0.227 e. The summed E-state index contributed by atoms with van der Waals surface area (Å²) in [5, 5.41) is 4.40. The lowest BCUT2D eigenvalue weighted by Gasteiger charge is -2.33. The van der Waals surface area contributed by atoms with Gasteiger partial charge in [0, 0.05) is 43.9 Å². The summed E-state index contributed by atoms with van der Waals surface area (Å²) >= 11 is 0. The summed E-state index contributed by atoms with van der Waals surface area (Å²) in [5.74, 6) is 0.194. The standard InChI is InChI=1S/C21H21N5O2/c27-19-11-18-21(26(19)17(14-28-21)15-5-2-1-3-6-15)7-10-24(18)13-16-12-23-25-9-4-8-22-20(16)25/h1-6,8-9,12,17-18H,7,10-11,13-14H2/t17-,18+,21-/m0/s1. The molecule has 0 bridgehead atoms. The Hall–Kier alpha value is -2.77. The highest BCUT2D eigenvalue weighted by Gasteiger charge is 2.64. The highest BCUT2D eigenvalue weighted by atomic mass is 16.5. The molecule has 7 heteroatoms. The molecule has 6 rings (SSSR count). The van der Waals surface area contributed by atoms with E-state index in [1.807, 2.05) is 41.6 Å². The second-order valence-corrected chi connectivity index (χ2v) is 7.84. The predicted octanol–water partition coefficient (Wildman–Crippen LogP) is 2.00. The summed E-state index contributed by atoms with van der Waals surface area (Å²) in [6.45, 7) is 2.20. The van der Waals surface area contributed by atoms with Crippen molar-refractivity contribution in [3.8, 4) is 0 Å². The topological polar surface area (TPSA) is 63.0 Å². The third-order valence-corrected chi connectivity index (χ3v) is 6.48. The molecule has 3 aromatic rings. The molecule has 28 heavy (non-hydrogen) atoms. The fraction of sp³-hybridized carbons (Fsp3) is 0.381. The van der Waals surface area contributed by atoms with Gasteiger partial charge in [-0.2, -0.15) is 5.10 Å². The van der Waals surface area contributed by atoms with E-state index in [0.29, 0.717) is 13.0 Å². The van der Waals surface area contributed by atoms with E-state index in [0.717, 1.165) is 36.3 Å². The summed E-state index contributed by atoms with van der Waals surface area (Å²) < 4.78 is 8.19. The number of hydrogen-bond donors (Lipinski definition) is 0. The number of hydrogen-bond acceptors (Lipinski definition) is 5. The molecule has 3 aliphatic heterocycles. The van der Waals surface area contributed by atoms with Gasteiger partial charge >= 0.3 is 0 Å². The van der Waals surface area contributed by atoms with Gasteiger partial charge in [0.05, 0.1) is 24.9 Å². The molecule has 0 aliphatic carbocycles. The summed E-state index contributed by atoms with van der Waals surface area (Å²) in [4.78, 5) is 21.9. The Balaban J connectivity index is 1.31. The predicted molar refractivity (Wildman–Crippen MR) is 101 cm³/mol. The van der Waals surface area contributed by atoms with Crippen molar-refractivity contribution >= 4 is 11.6 Å². The number of fused-ring (bicyclic) bond motifs is 1. The Kier molecular flexibility index (Phi) is 3.39. The van der Waals surface area contributed by atoms with Gasteiger partial charge in [0.15, 0.2) is 11.4 Å². The summed E-state index contributed by atoms with van der Waals surface area (Å²) in [6.07, 6.45) is 6.93. The molecule has 3 atom stereocenters. The van der Waals surface area contributed by atoms with E-state index in [2.05, 4.69) is 27.1 Å². The highest BCUT2D eigenvalue weighted by Crippen LogP contribution is 2.51. The molecule has 1 aromatic carbocycles. The normalized spacial score (nSPS) is 29.6. The monoisotopic (exact) mass is 375 g/mol. The first-order valence-electron chi connectivity index (χ1n) is 9.79. The van der Waals surface area contributed by atoms with Gasteiger partial charge in [-0.25, -0.2) is 9.50 Å². The van der Waals surface area contributed by atoms with Crippen LogP contribution in [-0.2, 0) is 16.1 Å². The van der Waals surface area contributed by atoms with Crippen LogP contribution in [0.2, 0.25) is 0 Å². The first-order valence-corrected chi connectivity index (χ1v) is 9.79. The molecule has 1 amide bonds. The van der Waals surface area contributed by atoms with E-state index in [9.17, 15) is 4.79 Å². The van der Waals surface area contributed by atoms with Gasteiger partial charge in [-0.05, 0) is 11.6 Å². The van der Waals surface area contributed by atoms with E-state index in [4.69, 9.17) is 4.74 Å². The van der Waals surface area contributed by atoms with Gasteiger partial charge in [-0.1, -0.05) is 30.3 Å². The fourth-order valence-electron chi connectivity index (χ4n) is 5.25. The Morgan fingerprint density at radius 1 is 1.21 bits per heavy atom. The van der Waals surface area contributed by atoms with E-state index in [1.54, 1.807) is 10.7 Å². The van der Waals surface area contributed by atoms with Crippen molar-refractivity contribution in [3.05, 3.63) is 66.1 Å². The zero-order valence-electron chi connectivity index (χ0n) is 15.4. The summed E-state index contributed by atoms with van der Waals surface area (Å²) in [7, 11) is 0. The molecule has 7 nitrogen and oxygen atoms in total. The SMILES string of the molecule is O=C1C[C@H]2N(Cc3cnn4cccnc34)CC[C@]23OC[C@@H](c2ccccc2)N13. The number of carbonyl (C=O) groups excluding carboxylic acids is 1. The summed E-state index contributed by atoms with van der Waals surface area (Å²) in [5.41, 5.74) is 2.62. The molecule has 1 spiro atoms. The molecule has 3 saturated heterocycles. The minimum atomic E-state index is -0.492. The maximum absolute atomic E-state index is 13.0. The van der Waals surface area contributed by atoms with Crippen LogP contribution in [0.1, 0.15) is 30.0 Å². The lowest BCUT2D eigenvalue weighted by atomic mass is 10.0. The second kappa shape index (κ2) is 5.86. The van der Waals surface area contributed by atoms with Gasteiger partial charge in [-0.3, -0.25) is 9.69 Å². The van der Waals surface area contributed by atoms with Crippen molar-refractivity contribution in [2.24, 2.45) is 0 Å². The number of nitrogens with zero attached hydrogens (tertiary/aromatic N) is 5. The molecule has 3 aliphatic rings. The zero-order valence-corrected chi connectivity index (χ0v) is 15.4. The molecule has 0 N–H and O–H groups in total. The third-order valence-electron chi connectivity index (χ3n) is 6.48. The van der Waals surface area contributed by atoms with Crippen molar-refractivity contribution in [1.29, 1.82) is 0 Å². The zero-order chi connectivity index (χ0) is 18.7. The van der Waals surface area contributed by atoms with Gasteiger partial charge < -0.3 is 9.64 Å². The molecular weight excluding hydrogens is 354 g/mol. The minimum absolute atomic E-state index is 0.0114. The van der Waals surface area contributed by atoms with E-state index >= 15 is 0 Å². The lowest BCUT2D eigenvalue weighted by Crippen LogP contribution is -2.48. The smallest absolute Gasteiger partial charge is 0.227 e. The van der Waals surface area contributed by atoms with Crippen LogP contribution in [-0.4, -0.2) is 55.2 Å². The van der Waals surface area contributed by atoms with Crippen LogP contribution in [0, 0.1) is 0 Å². The van der Waals surface area contributed by atoms with Crippen LogP contribution in [0.3, 0.4) is 0 Å². The van der Waals surface area contributed by atoms with Crippen LogP contribution < -0.4 is 0 Å². The third kappa shape index (κ3) is 2.14. The van der Waals surface area contributed by atoms with E-state index in [1.165, 1.54) is 0 Å². The van der Waals surface area contributed by atoms with Gasteiger partial charge in [-0.15, -0.1) is 0 Å². The minimum Gasteiger partial charge on any atom is -0.351 e. The van der Waals surface area contributed by atoms with E-state index < -0.39 is 5.72 Å². The molecule has 142 valence electrons. The van der Waals surface area contributed by atoms with Crippen molar-refractivity contribution < 1.29 is 9.53 Å². The molecule has 0 unspecified atom stereocenters. The van der Waals surface area contributed by atoms with Gasteiger partial charge in [0.2, 0.25) is 5.91 Å². The number of ether oxygens (including phenoxy) is 1. The highest BCUT2D eigenvalue weighted by molar-refractivity contribution is 5.82. The Labute approximate surface area is 162 Å². The number of rotatable bonds is 3. The Morgan fingerprint density at radius 3 is 3.00 bits per heavy atom. The molecule has 2 aromatic heterocycles. The van der Waals surface area contributed by atoms with Crippen LogP contribution in [0.25, 0.3) is 5.65 Å². The number of aromatic nitrogens is 3. The maximum atomic E-state index is 13.0. The van der Waals surface area contributed by atoms with E-state index in [-0.39, 0.29) is 18.0 Å². The van der Waals surface area contributed by atoms with Crippen molar-refractivity contribution in [2.45, 2.75) is 37.2 Å². The molecule has 0 saturated carbocycles. The number of carbonyl (C=O) groups is 1. The van der Waals surface area contributed by atoms with Crippen molar-refractivity contribution in [3.63, 3.8) is 0 Å². The largest absolute Gasteiger partial charge is 0.351 e. The quantitative estimate of drug-likeness (QED) is 0.701. The molecule has 3 fully saturated rings. The van der Waals surface area contributed by atoms with Gasteiger partial charge in [0.1, 0.15) is 0 Å². The molecule has 5 heterocycles. The van der Waals surface area contributed by atoms with Gasteiger partial charge in [0.25, 0.3) is 0 Å². The number of amides is 1. The average molecular weight is 375 g/mol. The van der Waals surface area contributed by atoms with Crippen LogP contribution in [0.15, 0.2) is 55.0 Å². The first-order chi connectivity index (χ1) is 13.8. The van der Waals surface area contributed by atoms with Crippen molar-refractivity contribution in [1.82, 2.24) is 24.4 Å². The number of benzene rings is 1. The van der Waals surface area contributed by atoms with Crippen LogP contribution in [0.4, 0.5) is 0 Å². The molecule has 0 radical (unpaired) electrons. The fourth-order valence-corrected chi connectivity index (χ4v) is 5.25. The first kappa shape index (κ1) is 16.2. The Morgan fingerprint density at radius 2 is 2.11 bits per heavy atom. The Bertz CT molecular complexity index is 1050. The molecular formula is C21H21N5O2. The number of likely N-dealkylation sites (tertiary alicyclic amines) is 1. The summed E-state index contributed by atoms with van der Waals surface area (Å²) in [6, 6.07) is 12.2. The van der Waals surface area contributed by atoms with Crippen LogP contribution >= 0.6 is 0 Å². The average Bonchev–Trinajstić information content (AvgIpc) is 3.45.